The molecule has 1 fully saturated rings. The molecular weight excluding hydrogens is 708 g/mol. The van der Waals surface area contributed by atoms with Gasteiger partial charge in [0, 0.05) is 14.1 Å². The van der Waals surface area contributed by atoms with Gasteiger partial charge in [-0.2, -0.15) is 0 Å². The molecule has 34 heavy (non-hydrogen) atoms. The van der Waals surface area contributed by atoms with E-state index in [1.54, 1.807) is 36.4 Å². The third-order valence-corrected chi connectivity index (χ3v) is 9.48. The van der Waals surface area contributed by atoms with Crippen LogP contribution >= 0.6 is 63.7 Å². The van der Waals surface area contributed by atoms with Gasteiger partial charge in [-0.1, -0.05) is 44.0 Å². The highest BCUT2D eigenvalue weighted by atomic mass is 79.9. The highest BCUT2D eigenvalue weighted by Crippen LogP contribution is 2.48. The van der Waals surface area contributed by atoms with Gasteiger partial charge in [0.15, 0.2) is 0 Å². The zero-order valence-corrected chi connectivity index (χ0v) is 24.9. The van der Waals surface area contributed by atoms with Gasteiger partial charge < -0.3 is 29.5 Å². The van der Waals surface area contributed by atoms with Crippen molar-refractivity contribution >= 4 is 75.5 Å². The van der Waals surface area contributed by atoms with Crippen LogP contribution in [0.4, 0.5) is 0 Å². The fourth-order valence-corrected chi connectivity index (χ4v) is 6.48. The first-order valence-corrected chi connectivity index (χ1v) is 13.2. The van der Waals surface area contributed by atoms with Crippen molar-refractivity contribution in [3.63, 3.8) is 0 Å². The lowest BCUT2D eigenvalue weighted by atomic mass is 9.90. The van der Waals surface area contributed by atoms with E-state index < -0.39 is 32.9 Å². The topological polar surface area (TPSA) is 99.5 Å². The molecule has 0 radical (unpaired) electrons. The molecule has 0 unspecified atom stereocenters. The minimum absolute atomic E-state index is 0.511. The lowest BCUT2D eigenvalue weighted by Crippen LogP contribution is -2.77. The molecule has 2 aromatic rings. The second kappa shape index (κ2) is 10.1. The van der Waals surface area contributed by atoms with Gasteiger partial charge in [-0.05, 0) is 67.3 Å². The summed E-state index contributed by atoms with van der Waals surface area (Å²) in [6.07, 6.45) is 0. The first-order chi connectivity index (χ1) is 15.8. The van der Waals surface area contributed by atoms with E-state index >= 15 is 0 Å². The number of nitrogens with zero attached hydrogens (tertiary/aromatic N) is 2. The molecule has 0 bridgehead atoms. The van der Waals surface area contributed by atoms with E-state index in [-0.39, 0.29) is 0 Å². The number of methoxy groups -OCH3 is 2. The van der Waals surface area contributed by atoms with Crippen LogP contribution in [0, 0.1) is 0 Å². The molecule has 1 saturated heterocycles. The van der Waals surface area contributed by atoms with Crippen molar-refractivity contribution in [1.82, 2.24) is 9.80 Å². The van der Waals surface area contributed by atoms with Crippen molar-refractivity contribution < 1.29 is 29.3 Å². The number of rotatable bonds is 6. The average molecular weight is 730 g/mol. The fraction of sp³-hybridized carbons (Fsp3) is 0.364. The standard InChI is InChI=1S/C22H22Br4N2O6/c1-27-19(29)22(32,18(26)12-6-8-16(34-4)14(24)10-12)28(2)20(30)21(27,31)17(25)11-5-7-15(33-3)13(23)9-11/h5-10,17-18,31-32H,1-4H3/t17-,18-,21+,22+/m1/s1. The van der Waals surface area contributed by atoms with Gasteiger partial charge in [0.25, 0.3) is 11.8 Å². The molecule has 8 nitrogen and oxygen atoms in total. The number of ether oxygens (including phenoxy) is 2. The fourth-order valence-electron chi connectivity index (χ4n) is 3.79. The van der Waals surface area contributed by atoms with E-state index in [9.17, 15) is 19.8 Å². The Balaban J connectivity index is 2.02. The Morgan fingerprint density at radius 2 is 1.09 bits per heavy atom. The number of piperazine rings is 1. The van der Waals surface area contributed by atoms with Crippen LogP contribution in [0.5, 0.6) is 11.5 Å². The van der Waals surface area contributed by atoms with Crippen LogP contribution in [-0.2, 0) is 9.59 Å². The number of halogens is 4. The van der Waals surface area contributed by atoms with E-state index in [4.69, 9.17) is 9.47 Å². The molecule has 12 heteroatoms. The van der Waals surface area contributed by atoms with Crippen LogP contribution < -0.4 is 9.47 Å². The summed E-state index contributed by atoms with van der Waals surface area (Å²) >= 11 is 13.6. The van der Waals surface area contributed by atoms with E-state index in [0.717, 1.165) is 9.80 Å². The zero-order chi connectivity index (χ0) is 25.6. The van der Waals surface area contributed by atoms with Crippen molar-refractivity contribution in [1.29, 1.82) is 0 Å². The molecular formula is C22H22Br4N2O6. The number of likely N-dealkylation sites (N-methyl/N-ethyl adjacent to an activating group) is 2. The van der Waals surface area contributed by atoms with Crippen LogP contribution in [0.15, 0.2) is 45.3 Å². The Morgan fingerprint density at radius 1 is 0.765 bits per heavy atom. The molecule has 0 aromatic heterocycles. The van der Waals surface area contributed by atoms with Gasteiger partial charge in [0.2, 0.25) is 11.4 Å². The monoisotopic (exact) mass is 726 g/mol. The Kier molecular flexibility index (Phi) is 8.11. The Labute approximate surface area is 230 Å². The van der Waals surface area contributed by atoms with E-state index in [1.807, 2.05) is 0 Å². The molecule has 0 spiro atoms. The lowest BCUT2D eigenvalue weighted by molar-refractivity contribution is -0.227. The normalized spacial score (nSPS) is 24.8. The van der Waals surface area contributed by atoms with Crippen LogP contribution in [0.1, 0.15) is 20.8 Å². The summed E-state index contributed by atoms with van der Waals surface area (Å²) in [5.41, 5.74) is -3.62. The number of carbonyl (C=O) groups excluding carboxylic acids is 2. The van der Waals surface area contributed by atoms with Crippen LogP contribution in [0.3, 0.4) is 0 Å². The largest absolute Gasteiger partial charge is 0.496 e. The molecule has 4 atom stereocenters. The summed E-state index contributed by atoms with van der Waals surface area (Å²) < 4.78 is 11.7. The van der Waals surface area contributed by atoms with Gasteiger partial charge in [-0.3, -0.25) is 9.59 Å². The predicted octanol–water partition coefficient (Wildman–Crippen LogP) is 4.11. The van der Waals surface area contributed by atoms with E-state index in [1.165, 1.54) is 28.3 Å². The number of benzene rings is 2. The smallest absolute Gasteiger partial charge is 0.280 e. The van der Waals surface area contributed by atoms with Crippen molar-refractivity contribution in [2.75, 3.05) is 28.3 Å². The van der Waals surface area contributed by atoms with Crippen molar-refractivity contribution in [3.8, 4) is 11.5 Å². The van der Waals surface area contributed by atoms with Gasteiger partial charge in [0.1, 0.15) is 11.5 Å². The summed E-state index contributed by atoms with van der Waals surface area (Å²) in [6.45, 7) is 0. The number of hydrogen-bond donors (Lipinski definition) is 2. The summed E-state index contributed by atoms with van der Waals surface area (Å²) in [5.74, 6) is -0.617. The molecule has 0 saturated carbocycles. The number of alkyl halides is 2. The van der Waals surface area contributed by atoms with Gasteiger partial charge in [0.05, 0.1) is 32.8 Å². The maximum atomic E-state index is 13.6. The molecule has 3 rings (SSSR count). The molecule has 1 aliphatic rings. The maximum absolute atomic E-state index is 13.6. The first kappa shape index (κ1) is 27.4. The summed E-state index contributed by atoms with van der Waals surface area (Å²) in [5, 5.41) is 23.1. The van der Waals surface area contributed by atoms with Crippen LogP contribution in [0.2, 0.25) is 0 Å². The second-order valence-corrected chi connectivity index (χ2v) is 11.2. The number of carbonyl (C=O) groups is 2. The molecule has 184 valence electrons. The molecule has 1 heterocycles. The quantitative estimate of drug-likeness (QED) is 0.435. The third-order valence-electron chi connectivity index (χ3n) is 5.91. The zero-order valence-electron chi connectivity index (χ0n) is 18.6. The van der Waals surface area contributed by atoms with E-state index in [0.29, 0.717) is 31.6 Å². The average Bonchev–Trinajstić information content (AvgIpc) is 2.83. The summed E-state index contributed by atoms with van der Waals surface area (Å²) in [6, 6.07) is 10.0. The highest BCUT2D eigenvalue weighted by molar-refractivity contribution is 9.11. The molecule has 1 aliphatic heterocycles. The molecule has 2 N–H and O–H groups in total. The number of aliphatic hydroxyl groups is 2. The van der Waals surface area contributed by atoms with Crippen molar-refractivity contribution in [2.24, 2.45) is 0 Å². The van der Waals surface area contributed by atoms with Crippen molar-refractivity contribution in [3.05, 3.63) is 56.5 Å². The second-order valence-electron chi connectivity index (χ2n) is 7.69. The molecule has 2 amide bonds. The maximum Gasteiger partial charge on any atom is 0.280 e. The number of hydrogen-bond acceptors (Lipinski definition) is 6. The molecule has 2 aromatic carbocycles. The highest BCUT2D eigenvalue weighted by Gasteiger charge is 2.65. The lowest BCUT2D eigenvalue weighted by Gasteiger charge is -2.53. The van der Waals surface area contributed by atoms with Crippen LogP contribution in [-0.4, -0.2) is 71.6 Å². The summed E-state index contributed by atoms with van der Waals surface area (Å²) in [4.78, 5) is 26.8. The van der Waals surface area contributed by atoms with Gasteiger partial charge >= 0.3 is 0 Å². The van der Waals surface area contributed by atoms with Crippen LogP contribution in [0.25, 0.3) is 0 Å². The Bertz CT molecular complexity index is 1050. The van der Waals surface area contributed by atoms with E-state index in [2.05, 4.69) is 63.7 Å². The SMILES string of the molecule is COc1ccc([C@@H](Br)[C@]2(O)C(=O)N(C)[C@](O)([C@H](Br)c3ccc(OC)c(Br)c3)C(=O)N2C)cc1Br. The van der Waals surface area contributed by atoms with Gasteiger partial charge in [-0.15, -0.1) is 0 Å². The Hall–Kier alpha value is -1.18. The predicted molar refractivity (Wildman–Crippen MR) is 140 cm³/mol. The number of amides is 2. The molecule has 0 aliphatic carbocycles. The Morgan fingerprint density at radius 3 is 1.35 bits per heavy atom. The minimum atomic E-state index is -2.32. The first-order valence-electron chi connectivity index (χ1n) is 9.81. The third kappa shape index (κ3) is 4.20. The minimum Gasteiger partial charge on any atom is -0.496 e. The van der Waals surface area contributed by atoms with Gasteiger partial charge in [-0.25, -0.2) is 0 Å². The van der Waals surface area contributed by atoms with Crippen molar-refractivity contribution in [2.45, 2.75) is 21.1 Å². The summed E-state index contributed by atoms with van der Waals surface area (Å²) in [7, 11) is 5.58.